The van der Waals surface area contributed by atoms with E-state index >= 15 is 0 Å². The lowest BCUT2D eigenvalue weighted by molar-refractivity contribution is 0.112. The Hall–Kier alpha value is -1.90. The third-order valence-electron chi connectivity index (χ3n) is 2.42. The predicted molar refractivity (Wildman–Crippen MR) is 61.4 cm³/mol. The Kier molecular flexibility index (Phi) is 2.86. The Balaban J connectivity index is 2.49. The molecule has 0 amide bonds. The molecule has 0 aliphatic heterocycles. The van der Waals surface area contributed by atoms with Gasteiger partial charge in [-0.2, -0.15) is 0 Å². The third kappa shape index (κ3) is 1.89. The highest BCUT2D eigenvalue weighted by Gasteiger charge is 2.13. The maximum Gasteiger partial charge on any atom is 0.181 e. The van der Waals surface area contributed by atoms with Crippen LogP contribution in [0.4, 0.5) is 0 Å². The summed E-state index contributed by atoms with van der Waals surface area (Å²) in [6.45, 7) is 4.10. The molecule has 0 saturated carbocycles. The number of hydrogen-bond donors (Lipinski definition) is 0. The van der Waals surface area contributed by atoms with Crippen molar-refractivity contribution < 1.29 is 9.21 Å². The highest BCUT2D eigenvalue weighted by molar-refractivity contribution is 5.78. The van der Waals surface area contributed by atoms with Gasteiger partial charge in [-0.1, -0.05) is 32.0 Å². The number of benzene rings is 1. The van der Waals surface area contributed by atoms with Crippen LogP contribution in [0.15, 0.2) is 35.1 Å². The van der Waals surface area contributed by atoms with E-state index in [4.69, 9.17) is 4.42 Å². The van der Waals surface area contributed by atoms with Gasteiger partial charge in [0.05, 0.1) is 0 Å². The van der Waals surface area contributed by atoms with Crippen LogP contribution < -0.4 is 0 Å². The van der Waals surface area contributed by atoms with Gasteiger partial charge in [0.1, 0.15) is 17.7 Å². The number of carbonyl (C=O) groups is 1. The third-order valence-corrected chi connectivity index (χ3v) is 2.42. The van der Waals surface area contributed by atoms with Crippen molar-refractivity contribution in [3.05, 3.63) is 42.0 Å². The molecule has 0 fully saturated rings. The number of rotatable bonds is 3. The van der Waals surface area contributed by atoms with E-state index in [0.717, 1.165) is 23.3 Å². The number of oxazole rings is 1. The van der Waals surface area contributed by atoms with Crippen molar-refractivity contribution in [3.63, 3.8) is 0 Å². The Morgan fingerprint density at radius 3 is 2.88 bits per heavy atom. The van der Waals surface area contributed by atoms with Gasteiger partial charge in [-0.05, 0) is 6.07 Å². The lowest BCUT2D eigenvalue weighted by Crippen LogP contribution is -1.90. The van der Waals surface area contributed by atoms with Gasteiger partial charge in [-0.25, -0.2) is 4.98 Å². The Bertz CT molecular complexity index is 500. The van der Waals surface area contributed by atoms with Crippen molar-refractivity contribution in [2.45, 2.75) is 19.8 Å². The van der Waals surface area contributed by atoms with Crippen LogP contribution in [0.3, 0.4) is 0 Å². The SMILES string of the molecule is CC(C)c1ocnc1-c1cccc(C=O)c1. The number of carbonyl (C=O) groups excluding carboxylic acids is 1. The van der Waals surface area contributed by atoms with E-state index in [2.05, 4.69) is 4.98 Å². The summed E-state index contributed by atoms with van der Waals surface area (Å²) in [7, 11) is 0. The van der Waals surface area contributed by atoms with Crippen LogP contribution in [0.1, 0.15) is 35.9 Å². The second-order valence-electron chi connectivity index (χ2n) is 3.96. The molecule has 0 radical (unpaired) electrons. The zero-order chi connectivity index (χ0) is 11.5. The topological polar surface area (TPSA) is 43.1 Å². The molecular weight excluding hydrogens is 202 g/mol. The second-order valence-corrected chi connectivity index (χ2v) is 3.96. The summed E-state index contributed by atoms with van der Waals surface area (Å²) in [4.78, 5) is 14.9. The smallest absolute Gasteiger partial charge is 0.181 e. The van der Waals surface area contributed by atoms with Gasteiger partial charge < -0.3 is 4.42 Å². The molecule has 0 aliphatic rings. The first-order valence-electron chi connectivity index (χ1n) is 5.21. The maximum absolute atomic E-state index is 10.7. The van der Waals surface area contributed by atoms with E-state index in [-0.39, 0.29) is 5.92 Å². The van der Waals surface area contributed by atoms with Crippen LogP contribution in [0, 0.1) is 0 Å². The number of nitrogens with zero attached hydrogens (tertiary/aromatic N) is 1. The van der Waals surface area contributed by atoms with Gasteiger partial charge in [0.25, 0.3) is 0 Å². The number of aromatic nitrogens is 1. The van der Waals surface area contributed by atoms with E-state index in [9.17, 15) is 4.79 Å². The van der Waals surface area contributed by atoms with Crippen molar-refractivity contribution in [3.8, 4) is 11.3 Å². The first-order chi connectivity index (χ1) is 7.72. The summed E-state index contributed by atoms with van der Waals surface area (Å²) in [5.74, 6) is 1.13. The number of aldehydes is 1. The zero-order valence-corrected chi connectivity index (χ0v) is 9.31. The summed E-state index contributed by atoms with van der Waals surface area (Å²) in [5.41, 5.74) is 2.39. The minimum atomic E-state index is 0.275. The van der Waals surface area contributed by atoms with E-state index in [1.165, 1.54) is 6.39 Å². The van der Waals surface area contributed by atoms with Gasteiger partial charge in [0.2, 0.25) is 0 Å². The molecule has 2 rings (SSSR count). The predicted octanol–water partition coefficient (Wildman–Crippen LogP) is 3.28. The summed E-state index contributed by atoms with van der Waals surface area (Å²) in [6.07, 6.45) is 2.27. The molecule has 0 atom stereocenters. The molecule has 0 spiro atoms. The first kappa shape index (κ1) is 10.6. The van der Waals surface area contributed by atoms with Gasteiger partial charge in [-0.3, -0.25) is 4.79 Å². The first-order valence-corrected chi connectivity index (χ1v) is 5.21. The highest BCUT2D eigenvalue weighted by atomic mass is 16.3. The summed E-state index contributed by atoms with van der Waals surface area (Å²) in [6, 6.07) is 7.36. The normalized spacial score (nSPS) is 10.7. The largest absolute Gasteiger partial charge is 0.448 e. The molecule has 1 aromatic carbocycles. The number of hydrogen-bond acceptors (Lipinski definition) is 3. The second kappa shape index (κ2) is 4.31. The van der Waals surface area contributed by atoms with Crippen molar-refractivity contribution in [1.82, 2.24) is 4.98 Å². The zero-order valence-electron chi connectivity index (χ0n) is 9.31. The highest BCUT2D eigenvalue weighted by Crippen LogP contribution is 2.27. The molecule has 0 saturated heterocycles. The Morgan fingerprint density at radius 2 is 2.19 bits per heavy atom. The molecule has 3 heteroatoms. The van der Waals surface area contributed by atoms with Crippen molar-refractivity contribution in [2.75, 3.05) is 0 Å². The monoisotopic (exact) mass is 215 g/mol. The Morgan fingerprint density at radius 1 is 1.38 bits per heavy atom. The molecule has 0 unspecified atom stereocenters. The van der Waals surface area contributed by atoms with Crippen LogP contribution >= 0.6 is 0 Å². The minimum absolute atomic E-state index is 0.275. The van der Waals surface area contributed by atoms with Gasteiger partial charge in [0.15, 0.2) is 6.39 Å². The van der Waals surface area contributed by atoms with Crippen LogP contribution in [0.25, 0.3) is 11.3 Å². The average Bonchev–Trinajstić information content (AvgIpc) is 2.78. The van der Waals surface area contributed by atoms with Gasteiger partial charge in [-0.15, -0.1) is 0 Å². The van der Waals surface area contributed by atoms with Crippen molar-refractivity contribution >= 4 is 6.29 Å². The average molecular weight is 215 g/mol. The summed E-state index contributed by atoms with van der Waals surface area (Å²) in [5, 5.41) is 0. The molecule has 82 valence electrons. The summed E-state index contributed by atoms with van der Waals surface area (Å²) < 4.78 is 5.35. The van der Waals surface area contributed by atoms with Crippen LogP contribution in [-0.4, -0.2) is 11.3 Å². The van der Waals surface area contributed by atoms with Crippen molar-refractivity contribution in [1.29, 1.82) is 0 Å². The van der Waals surface area contributed by atoms with Crippen LogP contribution in [0.2, 0.25) is 0 Å². The van der Waals surface area contributed by atoms with E-state index in [0.29, 0.717) is 5.56 Å². The molecule has 16 heavy (non-hydrogen) atoms. The molecule has 3 nitrogen and oxygen atoms in total. The fraction of sp³-hybridized carbons (Fsp3) is 0.231. The molecule has 0 N–H and O–H groups in total. The van der Waals surface area contributed by atoms with Crippen LogP contribution in [0.5, 0.6) is 0 Å². The Labute approximate surface area is 94.1 Å². The fourth-order valence-corrected chi connectivity index (χ4v) is 1.64. The lowest BCUT2D eigenvalue weighted by atomic mass is 10.0. The molecule has 1 aromatic heterocycles. The lowest BCUT2D eigenvalue weighted by Gasteiger charge is -2.04. The fourth-order valence-electron chi connectivity index (χ4n) is 1.64. The van der Waals surface area contributed by atoms with E-state index < -0.39 is 0 Å². The molecule has 1 heterocycles. The van der Waals surface area contributed by atoms with Gasteiger partial charge >= 0.3 is 0 Å². The maximum atomic E-state index is 10.7. The molecule has 0 aliphatic carbocycles. The summed E-state index contributed by atoms with van der Waals surface area (Å²) >= 11 is 0. The van der Waals surface area contributed by atoms with E-state index in [1.54, 1.807) is 6.07 Å². The standard InChI is InChI=1S/C13H13NO2/c1-9(2)13-12(14-8-16-13)11-5-3-4-10(6-11)7-15/h3-9H,1-2H3. The van der Waals surface area contributed by atoms with Crippen molar-refractivity contribution in [2.24, 2.45) is 0 Å². The molecular formula is C13H13NO2. The van der Waals surface area contributed by atoms with Gasteiger partial charge in [0, 0.05) is 17.0 Å². The molecule has 0 bridgehead atoms. The van der Waals surface area contributed by atoms with E-state index in [1.807, 2.05) is 32.0 Å². The quantitative estimate of drug-likeness (QED) is 0.738. The molecule has 2 aromatic rings. The van der Waals surface area contributed by atoms with Crippen LogP contribution in [-0.2, 0) is 0 Å². The minimum Gasteiger partial charge on any atom is -0.448 e.